The number of thiophene rings is 1. The summed E-state index contributed by atoms with van der Waals surface area (Å²) in [5.74, 6) is -1.86. The molecule has 1 heterocycles. The number of amides is 1. The van der Waals surface area contributed by atoms with Gasteiger partial charge >= 0.3 is 5.97 Å². The number of carbonyl (C=O) groups is 2. The number of carbonyl (C=O) groups excluding carboxylic acids is 1. The monoisotopic (exact) mass is 354 g/mol. The van der Waals surface area contributed by atoms with Gasteiger partial charge in [-0.1, -0.05) is 24.9 Å². The van der Waals surface area contributed by atoms with Crippen LogP contribution < -0.4 is 10.0 Å². The summed E-state index contributed by atoms with van der Waals surface area (Å²) in [5, 5.41) is 11.2. The van der Waals surface area contributed by atoms with E-state index in [-0.39, 0.29) is 10.6 Å². The Hall–Kier alpha value is -1.16. The van der Waals surface area contributed by atoms with E-state index in [2.05, 4.69) is 10.0 Å². The van der Waals surface area contributed by atoms with Gasteiger partial charge in [0.1, 0.15) is 10.3 Å². The molecule has 7 nitrogen and oxygen atoms in total. The molecule has 0 aliphatic heterocycles. The number of rotatable bonds is 8. The molecule has 3 N–H and O–H groups in total. The molecule has 1 rings (SSSR count). The van der Waals surface area contributed by atoms with Gasteiger partial charge in [0, 0.05) is 0 Å². The molecule has 0 aliphatic carbocycles. The number of sulfonamides is 1. The molecule has 21 heavy (non-hydrogen) atoms. The van der Waals surface area contributed by atoms with Crippen LogP contribution in [0.2, 0.25) is 4.34 Å². The lowest BCUT2D eigenvalue weighted by Crippen LogP contribution is -2.45. The van der Waals surface area contributed by atoms with Crippen LogP contribution >= 0.6 is 22.9 Å². The van der Waals surface area contributed by atoms with Gasteiger partial charge in [-0.05, 0) is 18.6 Å². The van der Waals surface area contributed by atoms with Gasteiger partial charge in [0.15, 0.2) is 0 Å². The molecule has 0 saturated carbocycles. The highest BCUT2D eigenvalue weighted by molar-refractivity contribution is 7.91. The molecule has 0 saturated heterocycles. The predicted octanol–water partition coefficient (Wildman–Crippen LogP) is 1.05. The molecule has 118 valence electrons. The summed E-state index contributed by atoms with van der Waals surface area (Å²) < 4.78 is 26.1. The number of nitrogens with one attached hydrogen (secondary N) is 2. The molecule has 0 aromatic carbocycles. The molecular formula is C11H15ClN2O5S2. The molecule has 1 atom stereocenters. The lowest BCUT2D eigenvalue weighted by molar-refractivity contribution is -0.141. The van der Waals surface area contributed by atoms with Gasteiger partial charge in [-0.2, -0.15) is 0 Å². The van der Waals surface area contributed by atoms with Crippen LogP contribution in [-0.4, -0.2) is 38.0 Å². The van der Waals surface area contributed by atoms with Crippen molar-refractivity contribution in [3.05, 3.63) is 16.5 Å². The Morgan fingerprint density at radius 1 is 1.43 bits per heavy atom. The highest BCUT2D eigenvalue weighted by Gasteiger charge is 2.21. The molecule has 0 aliphatic rings. The Bertz CT molecular complexity index is 614. The maximum atomic E-state index is 11.8. The van der Waals surface area contributed by atoms with Crippen LogP contribution in [0.1, 0.15) is 19.8 Å². The second-order valence-corrected chi connectivity index (χ2v) is 7.84. The average Bonchev–Trinajstić information content (AvgIpc) is 2.83. The molecule has 0 fully saturated rings. The third-order valence-electron chi connectivity index (χ3n) is 2.45. The van der Waals surface area contributed by atoms with Crippen molar-refractivity contribution >= 4 is 44.8 Å². The van der Waals surface area contributed by atoms with Crippen molar-refractivity contribution < 1.29 is 23.1 Å². The standard InChI is InChI=1S/C11H15ClN2O5S2/c1-2-3-7(11(16)17)14-9(15)6-13-21(18,19)10-5-4-8(12)20-10/h4-5,7,13H,2-3,6H2,1H3,(H,14,15)(H,16,17). The lowest BCUT2D eigenvalue weighted by Gasteiger charge is -2.13. The number of carboxylic acids is 1. The van der Waals surface area contributed by atoms with E-state index in [1.165, 1.54) is 12.1 Å². The summed E-state index contributed by atoms with van der Waals surface area (Å²) >= 11 is 6.51. The minimum atomic E-state index is -3.83. The maximum absolute atomic E-state index is 11.8. The van der Waals surface area contributed by atoms with Gasteiger partial charge in [0.2, 0.25) is 5.91 Å². The van der Waals surface area contributed by atoms with Gasteiger partial charge in [-0.15, -0.1) is 11.3 Å². The van der Waals surface area contributed by atoms with Crippen molar-refractivity contribution in [1.29, 1.82) is 0 Å². The van der Waals surface area contributed by atoms with E-state index in [4.69, 9.17) is 16.7 Å². The molecule has 0 radical (unpaired) electrons. The second-order valence-electron chi connectivity index (χ2n) is 4.13. The van der Waals surface area contributed by atoms with E-state index in [1.54, 1.807) is 6.92 Å². The summed E-state index contributed by atoms with van der Waals surface area (Å²) in [6, 6.07) is 1.73. The fourth-order valence-electron chi connectivity index (χ4n) is 1.47. The molecule has 1 aromatic heterocycles. The van der Waals surface area contributed by atoms with Crippen molar-refractivity contribution in [3.8, 4) is 0 Å². The van der Waals surface area contributed by atoms with E-state index in [9.17, 15) is 18.0 Å². The molecule has 1 amide bonds. The fraction of sp³-hybridized carbons (Fsp3) is 0.455. The number of aliphatic carboxylic acids is 1. The quantitative estimate of drug-likeness (QED) is 0.646. The minimum Gasteiger partial charge on any atom is -0.480 e. The van der Waals surface area contributed by atoms with Crippen molar-refractivity contribution in [2.45, 2.75) is 30.0 Å². The first-order valence-corrected chi connectivity index (χ1v) is 8.71. The summed E-state index contributed by atoms with van der Waals surface area (Å²) in [5.41, 5.74) is 0. The summed E-state index contributed by atoms with van der Waals surface area (Å²) in [6.07, 6.45) is 0.852. The van der Waals surface area contributed by atoms with Crippen molar-refractivity contribution in [3.63, 3.8) is 0 Å². The predicted molar refractivity (Wildman–Crippen MR) is 79.0 cm³/mol. The normalized spacial score (nSPS) is 12.9. The zero-order valence-corrected chi connectivity index (χ0v) is 13.5. The molecule has 0 bridgehead atoms. The van der Waals surface area contributed by atoms with Gasteiger partial charge in [0.25, 0.3) is 10.0 Å². The zero-order chi connectivity index (χ0) is 16.0. The van der Waals surface area contributed by atoms with E-state index in [0.717, 1.165) is 11.3 Å². The van der Waals surface area contributed by atoms with Gasteiger partial charge in [0.05, 0.1) is 10.9 Å². The Balaban J connectivity index is 2.58. The summed E-state index contributed by atoms with van der Waals surface area (Å²) in [4.78, 5) is 22.5. The van der Waals surface area contributed by atoms with Gasteiger partial charge < -0.3 is 10.4 Å². The van der Waals surface area contributed by atoms with Crippen LogP contribution in [0.15, 0.2) is 16.3 Å². The van der Waals surface area contributed by atoms with E-state index < -0.39 is 34.5 Å². The number of carboxylic acid groups (broad SMARTS) is 1. The number of halogens is 1. The Kier molecular flexibility index (Phi) is 6.59. The van der Waals surface area contributed by atoms with Crippen LogP contribution in [0.25, 0.3) is 0 Å². The molecule has 0 spiro atoms. The van der Waals surface area contributed by atoms with Gasteiger partial charge in [-0.25, -0.2) is 17.9 Å². The smallest absolute Gasteiger partial charge is 0.326 e. The molecule has 1 unspecified atom stereocenters. The molecular weight excluding hydrogens is 340 g/mol. The van der Waals surface area contributed by atoms with Crippen LogP contribution in [0, 0.1) is 0 Å². The van der Waals surface area contributed by atoms with Crippen LogP contribution in [-0.2, 0) is 19.6 Å². The first-order valence-electron chi connectivity index (χ1n) is 6.03. The van der Waals surface area contributed by atoms with Gasteiger partial charge in [-0.3, -0.25) is 4.79 Å². The highest BCUT2D eigenvalue weighted by atomic mass is 35.5. The SMILES string of the molecule is CCCC(NC(=O)CNS(=O)(=O)c1ccc(Cl)s1)C(=O)O. The van der Waals surface area contributed by atoms with Crippen LogP contribution in [0.4, 0.5) is 0 Å². The first-order chi connectivity index (χ1) is 9.76. The summed E-state index contributed by atoms with van der Waals surface area (Å²) in [7, 11) is -3.83. The van der Waals surface area contributed by atoms with Crippen LogP contribution in [0.3, 0.4) is 0 Å². The average molecular weight is 355 g/mol. The number of hydrogen-bond donors (Lipinski definition) is 3. The number of hydrogen-bond acceptors (Lipinski definition) is 5. The maximum Gasteiger partial charge on any atom is 0.326 e. The highest BCUT2D eigenvalue weighted by Crippen LogP contribution is 2.25. The largest absolute Gasteiger partial charge is 0.480 e. The zero-order valence-electron chi connectivity index (χ0n) is 11.1. The van der Waals surface area contributed by atoms with Crippen molar-refractivity contribution in [2.75, 3.05) is 6.54 Å². The Morgan fingerprint density at radius 2 is 2.10 bits per heavy atom. The van der Waals surface area contributed by atoms with Crippen molar-refractivity contribution in [2.24, 2.45) is 0 Å². The fourth-order valence-corrected chi connectivity index (χ4v) is 3.97. The van der Waals surface area contributed by atoms with Crippen molar-refractivity contribution in [1.82, 2.24) is 10.0 Å². The van der Waals surface area contributed by atoms with E-state index in [1.807, 2.05) is 0 Å². The third-order valence-corrected chi connectivity index (χ3v) is 5.57. The van der Waals surface area contributed by atoms with Crippen LogP contribution in [0.5, 0.6) is 0 Å². The molecule has 10 heteroatoms. The Morgan fingerprint density at radius 3 is 2.57 bits per heavy atom. The minimum absolute atomic E-state index is 0.0105. The lowest BCUT2D eigenvalue weighted by atomic mass is 10.2. The first kappa shape index (κ1) is 17.9. The summed E-state index contributed by atoms with van der Waals surface area (Å²) in [6.45, 7) is 1.25. The Labute approximate surface area is 131 Å². The second kappa shape index (κ2) is 7.74. The molecule has 1 aromatic rings. The van der Waals surface area contributed by atoms with E-state index >= 15 is 0 Å². The van der Waals surface area contributed by atoms with E-state index in [0.29, 0.717) is 10.8 Å². The topological polar surface area (TPSA) is 113 Å². The third kappa shape index (κ3) is 5.62.